The largest absolute Gasteiger partial charge is 0.390 e. The Kier molecular flexibility index (Phi) is 4.45. The molecule has 0 radical (unpaired) electrons. The van der Waals surface area contributed by atoms with Crippen molar-refractivity contribution in [2.45, 2.75) is 50.8 Å². The number of thioether (sulfide) groups is 1. The van der Waals surface area contributed by atoms with Gasteiger partial charge in [-0.15, -0.1) is 11.3 Å². The standard InChI is InChI=1S/C20H22N2O2S2/c1-12-7-9-13(10-8-12)22-18(23)16-14-5-4-6-15(14)26-17(16)21-19(22)25-11-20(2,3)24/h7-10,24H,4-6,11H2,1-3H3. The van der Waals surface area contributed by atoms with Crippen LogP contribution in [-0.4, -0.2) is 26.0 Å². The summed E-state index contributed by atoms with van der Waals surface area (Å²) in [6.07, 6.45) is 3.14. The number of aromatic nitrogens is 2. The van der Waals surface area contributed by atoms with Gasteiger partial charge in [0.25, 0.3) is 5.56 Å². The zero-order valence-electron chi connectivity index (χ0n) is 15.2. The van der Waals surface area contributed by atoms with E-state index < -0.39 is 5.60 Å². The third-order valence-corrected chi connectivity index (χ3v) is 7.12. The summed E-state index contributed by atoms with van der Waals surface area (Å²) in [5.41, 5.74) is 2.36. The zero-order chi connectivity index (χ0) is 18.5. The van der Waals surface area contributed by atoms with Crippen molar-refractivity contribution in [1.82, 2.24) is 9.55 Å². The minimum Gasteiger partial charge on any atom is -0.390 e. The average Bonchev–Trinajstić information content (AvgIpc) is 3.14. The van der Waals surface area contributed by atoms with Crippen molar-refractivity contribution < 1.29 is 5.11 Å². The van der Waals surface area contributed by atoms with Crippen molar-refractivity contribution in [1.29, 1.82) is 0 Å². The second-order valence-electron chi connectivity index (χ2n) is 7.51. The fourth-order valence-electron chi connectivity index (χ4n) is 3.28. The molecule has 6 heteroatoms. The van der Waals surface area contributed by atoms with Crippen LogP contribution in [0.15, 0.2) is 34.2 Å². The summed E-state index contributed by atoms with van der Waals surface area (Å²) in [6, 6.07) is 7.94. The van der Waals surface area contributed by atoms with Gasteiger partial charge in [0.05, 0.1) is 16.7 Å². The summed E-state index contributed by atoms with van der Waals surface area (Å²) < 4.78 is 1.71. The first-order valence-electron chi connectivity index (χ1n) is 8.83. The lowest BCUT2D eigenvalue weighted by Crippen LogP contribution is -2.25. The molecule has 4 rings (SSSR count). The van der Waals surface area contributed by atoms with Crippen molar-refractivity contribution in [2.75, 3.05) is 5.75 Å². The van der Waals surface area contributed by atoms with E-state index in [0.29, 0.717) is 10.9 Å². The van der Waals surface area contributed by atoms with Crippen LogP contribution in [0.2, 0.25) is 0 Å². The van der Waals surface area contributed by atoms with Crippen LogP contribution in [0, 0.1) is 6.92 Å². The van der Waals surface area contributed by atoms with Gasteiger partial charge in [0, 0.05) is 10.6 Å². The van der Waals surface area contributed by atoms with Crippen molar-refractivity contribution >= 4 is 33.3 Å². The predicted molar refractivity (Wildman–Crippen MR) is 109 cm³/mol. The van der Waals surface area contributed by atoms with E-state index in [1.165, 1.54) is 22.2 Å². The summed E-state index contributed by atoms with van der Waals surface area (Å²) >= 11 is 3.09. The van der Waals surface area contributed by atoms with Crippen LogP contribution in [0.3, 0.4) is 0 Å². The van der Waals surface area contributed by atoms with E-state index >= 15 is 0 Å². The highest BCUT2D eigenvalue weighted by Gasteiger charge is 2.24. The van der Waals surface area contributed by atoms with Crippen LogP contribution < -0.4 is 5.56 Å². The molecule has 0 unspecified atom stereocenters. The average molecular weight is 387 g/mol. The summed E-state index contributed by atoms with van der Waals surface area (Å²) in [5, 5.41) is 11.6. The number of hydrogen-bond donors (Lipinski definition) is 1. The maximum absolute atomic E-state index is 13.4. The molecule has 1 aliphatic carbocycles. The molecule has 0 saturated carbocycles. The minimum absolute atomic E-state index is 0.0106. The number of nitrogens with zero attached hydrogens (tertiary/aromatic N) is 2. The Labute approximate surface area is 160 Å². The lowest BCUT2D eigenvalue weighted by atomic mass is 10.2. The minimum atomic E-state index is -0.827. The molecule has 1 aromatic carbocycles. The molecule has 0 amide bonds. The number of aryl methyl sites for hydroxylation is 3. The smallest absolute Gasteiger partial charge is 0.267 e. The molecule has 2 aromatic heterocycles. The Bertz CT molecular complexity index is 1030. The van der Waals surface area contributed by atoms with E-state index in [0.717, 1.165) is 40.7 Å². The monoisotopic (exact) mass is 386 g/mol. The van der Waals surface area contributed by atoms with Crippen molar-refractivity contribution in [3.8, 4) is 5.69 Å². The first-order chi connectivity index (χ1) is 12.3. The number of hydrogen-bond acceptors (Lipinski definition) is 5. The first-order valence-corrected chi connectivity index (χ1v) is 10.6. The summed E-state index contributed by atoms with van der Waals surface area (Å²) in [6.45, 7) is 5.57. The fourth-order valence-corrected chi connectivity index (χ4v) is 5.55. The highest BCUT2D eigenvalue weighted by Crippen LogP contribution is 2.36. The maximum atomic E-state index is 13.4. The van der Waals surface area contributed by atoms with Crippen LogP contribution in [0.25, 0.3) is 15.9 Å². The third-order valence-electron chi connectivity index (χ3n) is 4.55. The molecule has 0 atom stereocenters. The molecule has 0 aliphatic heterocycles. The Hall–Kier alpha value is -1.63. The van der Waals surface area contributed by atoms with Crippen LogP contribution in [0.1, 0.15) is 36.3 Å². The molecule has 3 aromatic rings. The van der Waals surface area contributed by atoms with E-state index in [9.17, 15) is 9.90 Å². The van der Waals surface area contributed by atoms with Gasteiger partial charge in [-0.1, -0.05) is 29.5 Å². The number of thiophene rings is 1. The lowest BCUT2D eigenvalue weighted by Gasteiger charge is -2.18. The Morgan fingerprint density at radius 2 is 2.00 bits per heavy atom. The zero-order valence-corrected chi connectivity index (χ0v) is 16.8. The van der Waals surface area contributed by atoms with Crippen LogP contribution in [-0.2, 0) is 12.8 Å². The van der Waals surface area contributed by atoms with Gasteiger partial charge in [-0.05, 0) is 57.7 Å². The van der Waals surface area contributed by atoms with E-state index in [1.54, 1.807) is 29.8 Å². The summed E-state index contributed by atoms with van der Waals surface area (Å²) in [7, 11) is 0. The Morgan fingerprint density at radius 3 is 2.69 bits per heavy atom. The molecule has 2 heterocycles. The number of rotatable bonds is 4. The van der Waals surface area contributed by atoms with E-state index in [4.69, 9.17) is 4.98 Å². The molecule has 1 aliphatic rings. The quantitative estimate of drug-likeness (QED) is 0.542. The fraction of sp³-hybridized carbons (Fsp3) is 0.400. The topological polar surface area (TPSA) is 55.1 Å². The molecule has 0 spiro atoms. The van der Waals surface area contributed by atoms with E-state index in [1.807, 2.05) is 31.2 Å². The third kappa shape index (κ3) is 3.21. The second-order valence-corrected chi connectivity index (χ2v) is 9.54. The van der Waals surface area contributed by atoms with Crippen molar-refractivity contribution in [3.05, 3.63) is 50.6 Å². The van der Waals surface area contributed by atoms with E-state index in [2.05, 4.69) is 0 Å². The normalized spacial score (nSPS) is 14.2. The van der Waals surface area contributed by atoms with Crippen molar-refractivity contribution in [3.63, 3.8) is 0 Å². The predicted octanol–water partition coefficient (Wildman–Crippen LogP) is 4.11. The Morgan fingerprint density at radius 1 is 1.27 bits per heavy atom. The molecular formula is C20H22N2O2S2. The van der Waals surface area contributed by atoms with Gasteiger partial charge in [-0.3, -0.25) is 9.36 Å². The van der Waals surface area contributed by atoms with Gasteiger partial charge in [-0.2, -0.15) is 0 Å². The molecule has 0 bridgehead atoms. The second kappa shape index (κ2) is 6.51. The summed E-state index contributed by atoms with van der Waals surface area (Å²) in [5.74, 6) is 0.474. The van der Waals surface area contributed by atoms with Gasteiger partial charge in [0.2, 0.25) is 0 Å². The highest BCUT2D eigenvalue weighted by molar-refractivity contribution is 7.99. The van der Waals surface area contributed by atoms with E-state index in [-0.39, 0.29) is 5.56 Å². The van der Waals surface area contributed by atoms with Crippen molar-refractivity contribution in [2.24, 2.45) is 0 Å². The first kappa shape index (κ1) is 17.8. The molecule has 0 fully saturated rings. The van der Waals surface area contributed by atoms with Gasteiger partial charge in [0.1, 0.15) is 4.83 Å². The molecular weight excluding hydrogens is 364 g/mol. The van der Waals surface area contributed by atoms with Gasteiger partial charge < -0.3 is 5.11 Å². The molecule has 26 heavy (non-hydrogen) atoms. The maximum Gasteiger partial charge on any atom is 0.267 e. The van der Waals surface area contributed by atoms with Gasteiger partial charge >= 0.3 is 0 Å². The SMILES string of the molecule is Cc1ccc(-n2c(SCC(C)(C)O)nc3sc4c(c3c2=O)CCC4)cc1. The van der Waals surface area contributed by atoms with Crippen LogP contribution in [0.5, 0.6) is 0 Å². The lowest BCUT2D eigenvalue weighted by molar-refractivity contribution is 0.107. The highest BCUT2D eigenvalue weighted by atomic mass is 32.2. The molecule has 0 saturated heterocycles. The Balaban J connectivity index is 1.94. The molecule has 1 N–H and O–H groups in total. The molecule has 4 nitrogen and oxygen atoms in total. The number of aliphatic hydroxyl groups is 1. The van der Waals surface area contributed by atoms with Crippen LogP contribution in [0.4, 0.5) is 0 Å². The summed E-state index contributed by atoms with van der Waals surface area (Å²) in [4.78, 5) is 20.4. The van der Waals surface area contributed by atoms with Crippen LogP contribution >= 0.6 is 23.1 Å². The van der Waals surface area contributed by atoms with Gasteiger partial charge in [0.15, 0.2) is 5.16 Å². The molecule has 136 valence electrons. The van der Waals surface area contributed by atoms with Gasteiger partial charge in [-0.25, -0.2) is 4.98 Å². The number of benzene rings is 1. The number of fused-ring (bicyclic) bond motifs is 3.